The van der Waals surface area contributed by atoms with Crippen molar-refractivity contribution in [3.05, 3.63) is 52.3 Å². The summed E-state index contributed by atoms with van der Waals surface area (Å²) in [7, 11) is 0. The van der Waals surface area contributed by atoms with E-state index >= 15 is 0 Å². The highest BCUT2D eigenvalue weighted by atomic mass is 32.2. The standard InChI is InChI=1S/C34H44F3N9S2/c1-23(2)20-41-48-45-13-10-43(11-14-45)12-15-46-27(19-38)16-29-24(3)25(4-5-31(29)46)21-44-8-6-26(7-9-44)42-32-30-17-28(18-34(35,36)37)47-33(30)40-22-39-32/h4-5,16-17,22-23,26,41H,6-15,18,20-21H2,1-3H3,(H,39,40,42). The number of hydrogen-bond donors (Lipinski definition) is 2. The number of benzene rings is 1. The number of piperazine rings is 1. The Kier molecular flexibility index (Phi) is 11.1. The van der Waals surface area contributed by atoms with Gasteiger partial charge in [-0.1, -0.05) is 19.9 Å². The molecule has 0 unspecified atom stereocenters. The quantitative estimate of drug-likeness (QED) is 0.163. The first kappa shape index (κ1) is 34.9. The number of aryl methyl sites for hydroxylation is 1. The Hall–Kier alpha value is -2.93. The third-order valence-corrected chi connectivity index (χ3v) is 11.3. The lowest BCUT2D eigenvalue weighted by Crippen LogP contribution is -2.45. The minimum Gasteiger partial charge on any atom is -0.367 e. The molecule has 4 aromatic rings. The van der Waals surface area contributed by atoms with Gasteiger partial charge in [-0.15, -0.1) is 11.3 Å². The molecule has 0 spiro atoms. The molecule has 0 atom stereocenters. The number of hydrogen-bond acceptors (Lipinski definition) is 10. The summed E-state index contributed by atoms with van der Waals surface area (Å²) < 4.78 is 46.9. The maximum Gasteiger partial charge on any atom is 0.393 e. The summed E-state index contributed by atoms with van der Waals surface area (Å²) in [6, 6.07) is 10.6. The number of piperidine rings is 1. The fraction of sp³-hybridized carbons (Fsp3) is 0.559. The smallest absolute Gasteiger partial charge is 0.367 e. The van der Waals surface area contributed by atoms with Crippen LogP contribution in [0.15, 0.2) is 30.6 Å². The Morgan fingerprint density at radius 3 is 2.50 bits per heavy atom. The molecule has 0 saturated carbocycles. The largest absolute Gasteiger partial charge is 0.393 e. The zero-order chi connectivity index (χ0) is 33.8. The second kappa shape index (κ2) is 15.3. The maximum atomic E-state index is 13.0. The predicted molar refractivity (Wildman–Crippen MR) is 189 cm³/mol. The molecule has 9 nitrogen and oxygen atoms in total. The Morgan fingerprint density at radius 1 is 1.02 bits per heavy atom. The van der Waals surface area contributed by atoms with Crippen LogP contribution in [0.5, 0.6) is 0 Å². The van der Waals surface area contributed by atoms with Crippen LogP contribution < -0.4 is 10.0 Å². The van der Waals surface area contributed by atoms with Gasteiger partial charge in [0.15, 0.2) is 0 Å². The van der Waals surface area contributed by atoms with Crippen LogP contribution in [0.25, 0.3) is 21.1 Å². The molecule has 258 valence electrons. The van der Waals surface area contributed by atoms with Gasteiger partial charge in [0.05, 0.1) is 11.8 Å². The van der Waals surface area contributed by atoms with Gasteiger partial charge in [0, 0.05) is 99.4 Å². The lowest BCUT2D eigenvalue weighted by molar-refractivity contribution is -0.126. The average molecular weight is 700 g/mol. The van der Waals surface area contributed by atoms with Gasteiger partial charge in [0.25, 0.3) is 0 Å². The molecule has 6 rings (SSSR count). The normalized spacial score (nSPS) is 17.5. The van der Waals surface area contributed by atoms with E-state index in [0.29, 0.717) is 27.6 Å². The molecule has 48 heavy (non-hydrogen) atoms. The zero-order valence-corrected chi connectivity index (χ0v) is 29.4. The highest BCUT2D eigenvalue weighted by Gasteiger charge is 2.29. The van der Waals surface area contributed by atoms with Crippen LogP contribution in [0.1, 0.15) is 48.4 Å². The first-order valence-corrected chi connectivity index (χ1v) is 18.3. The molecule has 0 amide bonds. The van der Waals surface area contributed by atoms with Gasteiger partial charge in [0.2, 0.25) is 0 Å². The predicted octanol–water partition coefficient (Wildman–Crippen LogP) is 6.43. The van der Waals surface area contributed by atoms with Crippen LogP contribution in [0.2, 0.25) is 0 Å². The molecule has 0 radical (unpaired) electrons. The molecule has 2 N–H and O–H groups in total. The Bertz CT molecular complexity index is 1730. The molecule has 3 aromatic heterocycles. The van der Waals surface area contributed by atoms with Gasteiger partial charge in [-0.25, -0.2) is 14.3 Å². The van der Waals surface area contributed by atoms with E-state index in [1.165, 1.54) is 17.5 Å². The monoisotopic (exact) mass is 699 g/mol. The molecule has 0 aliphatic carbocycles. The lowest BCUT2D eigenvalue weighted by atomic mass is 10.0. The second-order valence-corrected chi connectivity index (χ2v) is 15.4. The fourth-order valence-electron chi connectivity index (χ4n) is 6.58. The van der Waals surface area contributed by atoms with Crippen LogP contribution in [-0.4, -0.2) is 93.2 Å². The van der Waals surface area contributed by atoms with E-state index in [2.05, 4.69) is 77.7 Å². The van der Waals surface area contributed by atoms with E-state index in [4.69, 9.17) is 0 Å². The zero-order valence-electron chi connectivity index (χ0n) is 27.8. The molecule has 1 aromatic carbocycles. The number of thiophene rings is 1. The molecule has 2 aliphatic heterocycles. The summed E-state index contributed by atoms with van der Waals surface area (Å²) in [5.41, 5.74) is 4.31. The molecule has 2 aliphatic rings. The van der Waals surface area contributed by atoms with Gasteiger partial charge in [0.1, 0.15) is 28.7 Å². The van der Waals surface area contributed by atoms with Crippen LogP contribution >= 0.6 is 23.5 Å². The number of nitrogens with zero attached hydrogens (tertiary/aromatic N) is 7. The summed E-state index contributed by atoms with van der Waals surface area (Å²) >= 11 is 2.81. The summed E-state index contributed by atoms with van der Waals surface area (Å²) in [5.74, 6) is 1.24. The van der Waals surface area contributed by atoms with Crippen LogP contribution in [0, 0.1) is 24.2 Å². The highest BCUT2D eigenvalue weighted by molar-refractivity contribution is 7.95. The molecule has 2 fully saturated rings. The minimum absolute atomic E-state index is 0.185. The van der Waals surface area contributed by atoms with Gasteiger partial charge in [-0.05, 0) is 55.0 Å². The number of rotatable bonds is 12. The fourth-order valence-corrected chi connectivity index (χ4v) is 8.54. The molecular weight excluding hydrogens is 656 g/mol. The van der Waals surface area contributed by atoms with E-state index in [-0.39, 0.29) is 10.9 Å². The Balaban J connectivity index is 1.03. The molecule has 14 heteroatoms. The van der Waals surface area contributed by atoms with Gasteiger partial charge in [-0.3, -0.25) is 14.5 Å². The minimum atomic E-state index is -4.25. The van der Waals surface area contributed by atoms with Crippen molar-refractivity contribution in [2.24, 2.45) is 5.92 Å². The number of anilines is 1. The Labute approximate surface area is 288 Å². The first-order valence-electron chi connectivity index (χ1n) is 16.7. The van der Waals surface area contributed by atoms with Gasteiger partial charge < -0.3 is 9.88 Å². The maximum absolute atomic E-state index is 13.0. The average Bonchev–Trinajstić information content (AvgIpc) is 3.63. The number of alkyl halides is 3. The summed E-state index contributed by atoms with van der Waals surface area (Å²) in [6.45, 7) is 16.0. The van der Waals surface area contributed by atoms with E-state index in [1.807, 2.05) is 6.07 Å². The van der Waals surface area contributed by atoms with Crippen molar-refractivity contribution in [2.45, 2.75) is 65.3 Å². The lowest BCUT2D eigenvalue weighted by Gasteiger charge is -2.34. The van der Waals surface area contributed by atoms with Crippen LogP contribution in [-0.2, 0) is 19.5 Å². The summed E-state index contributed by atoms with van der Waals surface area (Å²) in [6.07, 6.45) is -1.97. The number of nitriles is 1. The van der Waals surface area contributed by atoms with Gasteiger partial charge in [-0.2, -0.15) is 18.4 Å². The number of fused-ring (bicyclic) bond motifs is 2. The number of halogens is 3. The van der Waals surface area contributed by atoms with E-state index < -0.39 is 12.6 Å². The third kappa shape index (κ3) is 8.61. The van der Waals surface area contributed by atoms with Crippen LogP contribution in [0.3, 0.4) is 0 Å². The molecular formula is C34H44F3N9S2. The van der Waals surface area contributed by atoms with Crippen molar-refractivity contribution in [2.75, 3.05) is 57.7 Å². The topological polar surface area (TPSA) is 88.3 Å². The van der Waals surface area contributed by atoms with Crippen molar-refractivity contribution < 1.29 is 13.2 Å². The number of likely N-dealkylation sites (tertiary alicyclic amines) is 1. The van der Waals surface area contributed by atoms with E-state index in [0.717, 1.165) is 101 Å². The van der Waals surface area contributed by atoms with Crippen molar-refractivity contribution in [1.29, 1.82) is 5.26 Å². The van der Waals surface area contributed by atoms with Gasteiger partial charge >= 0.3 is 6.18 Å². The molecule has 2 saturated heterocycles. The first-order chi connectivity index (χ1) is 23.1. The van der Waals surface area contributed by atoms with Crippen molar-refractivity contribution >= 4 is 50.4 Å². The van der Waals surface area contributed by atoms with Crippen molar-refractivity contribution in [1.82, 2.24) is 33.4 Å². The van der Waals surface area contributed by atoms with Crippen molar-refractivity contribution in [3.63, 3.8) is 0 Å². The second-order valence-electron chi connectivity index (χ2n) is 13.3. The number of nitrogens with one attached hydrogen (secondary N) is 2. The van der Waals surface area contributed by atoms with E-state index in [9.17, 15) is 18.4 Å². The third-order valence-electron chi connectivity index (χ3n) is 9.32. The van der Waals surface area contributed by atoms with E-state index in [1.54, 1.807) is 18.2 Å². The molecule has 0 bridgehead atoms. The summed E-state index contributed by atoms with van der Waals surface area (Å²) in [5, 5.41) is 15.3. The summed E-state index contributed by atoms with van der Waals surface area (Å²) in [4.78, 5) is 14.3. The Morgan fingerprint density at radius 2 is 1.79 bits per heavy atom. The number of aromatic nitrogens is 3. The highest BCUT2D eigenvalue weighted by Crippen LogP contribution is 2.33. The SMILES string of the molecule is Cc1c(CN2CCC(Nc3ncnc4sc(CC(F)(F)F)cc34)CC2)ccc2c1cc(C#N)n2CCN1CCN(SNCC(C)C)CC1. The van der Waals surface area contributed by atoms with Crippen molar-refractivity contribution in [3.8, 4) is 6.07 Å². The van der Waals surface area contributed by atoms with Crippen LogP contribution in [0.4, 0.5) is 19.0 Å². The molecule has 5 heterocycles.